The van der Waals surface area contributed by atoms with Crippen LogP contribution >= 0.6 is 0 Å². The van der Waals surface area contributed by atoms with Crippen LogP contribution in [-0.2, 0) is 16.5 Å². The number of hydrogen-bond acceptors (Lipinski definition) is 3. The maximum absolute atomic E-state index is 11.2. The molecule has 2 aromatic carbocycles. The Morgan fingerprint density at radius 1 is 1.18 bits per heavy atom. The van der Waals surface area contributed by atoms with Gasteiger partial charge in [0.05, 0.1) is 4.90 Å². The zero-order valence-corrected chi connectivity index (χ0v) is 13.7. The first-order valence-electron chi connectivity index (χ1n) is 5.00. The van der Waals surface area contributed by atoms with E-state index < -0.39 is 10.1 Å². The molecule has 17 heavy (non-hydrogen) atoms. The zero-order chi connectivity index (χ0) is 11.8. The molecule has 0 bridgehead atoms. The summed E-state index contributed by atoms with van der Waals surface area (Å²) in [6, 6.07) is 10.4. The Labute approximate surface area is 143 Å². The standard InChI is InChI=1S/C12H12O3S.K/c1-2-9-7-10-5-3-4-6-11(10)12(8-9)16(13,14)15;/h3-8H,2H2,1H3,(H,13,14,15);/q;+1/p-1. The molecular weight excluding hydrogens is 263 g/mol. The van der Waals surface area contributed by atoms with Crippen molar-refractivity contribution in [1.29, 1.82) is 0 Å². The Kier molecular flexibility index (Phi) is 5.33. The first kappa shape index (κ1) is 15.3. The maximum Gasteiger partial charge on any atom is 1.00 e. The van der Waals surface area contributed by atoms with Gasteiger partial charge in [-0.25, -0.2) is 8.42 Å². The summed E-state index contributed by atoms with van der Waals surface area (Å²) in [5.74, 6) is 0. The van der Waals surface area contributed by atoms with E-state index in [9.17, 15) is 13.0 Å². The van der Waals surface area contributed by atoms with Crippen LogP contribution in [-0.4, -0.2) is 13.0 Å². The predicted octanol–water partition coefficient (Wildman–Crippen LogP) is -0.690. The van der Waals surface area contributed by atoms with Crippen LogP contribution in [0.4, 0.5) is 0 Å². The molecule has 0 radical (unpaired) electrons. The van der Waals surface area contributed by atoms with Crippen molar-refractivity contribution in [1.82, 2.24) is 0 Å². The van der Waals surface area contributed by atoms with Crippen molar-refractivity contribution in [2.24, 2.45) is 0 Å². The number of hydrogen-bond donors (Lipinski definition) is 0. The van der Waals surface area contributed by atoms with E-state index in [1.54, 1.807) is 12.1 Å². The molecule has 0 saturated heterocycles. The first-order valence-corrected chi connectivity index (χ1v) is 6.41. The third-order valence-corrected chi connectivity index (χ3v) is 3.44. The van der Waals surface area contributed by atoms with Crippen LogP contribution < -0.4 is 51.4 Å². The van der Waals surface area contributed by atoms with E-state index in [0.29, 0.717) is 11.8 Å². The zero-order valence-electron chi connectivity index (χ0n) is 9.80. The second-order valence-electron chi connectivity index (χ2n) is 3.62. The molecule has 0 unspecified atom stereocenters. The molecule has 0 spiro atoms. The first-order chi connectivity index (χ1) is 7.52. The molecular formula is C12H11KO3S. The summed E-state index contributed by atoms with van der Waals surface area (Å²) in [5, 5.41) is 1.28. The SMILES string of the molecule is CCc1cc(S(=O)(=O)[O-])c2ccccc2c1.[K+]. The molecule has 0 saturated carbocycles. The Balaban J connectivity index is 0.00000144. The summed E-state index contributed by atoms with van der Waals surface area (Å²) in [5.41, 5.74) is 0.855. The van der Waals surface area contributed by atoms with Gasteiger partial charge in [-0.2, -0.15) is 0 Å². The van der Waals surface area contributed by atoms with E-state index in [1.807, 2.05) is 25.1 Å². The Morgan fingerprint density at radius 2 is 1.82 bits per heavy atom. The van der Waals surface area contributed by atoms with E-state index in [-0.39, 0.29) is 56.3 Å². The molecule has 0 fully saturated rings. The van der Waals surface area contributed by atoms with Crippen molar-refractivity contribution in [3.63, 3.8) is 0 Å². The topological polar surface area (TPSA) is 57.2 Å². The normalized spacial score (nSPS) is 11.2. The smallest absolute Gasteiger partial charge is 0.744 e. The Morgan fingerprint density at radius 3 is 2.41 bits per heavy atom. The minimum atomic E-state index is -4.41. The fourth-order valence-corrected chi connectivity index (χ4v) is 2.50. The van der Waals surface area contributed by atoms with Crippen LogP contribution in [0.15, 0.2) is 41.3 Å². The Hall–Kier alpha value is 0.246. The van der Waals surface area contributed by atoms with Gasteiger partial charge in [0.1, 0.15) is 10.1 Å². The summed E-state index contributed by atoms with van der Waals surface area (Å²) >= 11 is 0. The quantitative estimate of drug-likeness (QED) is 0.538. The van der Waals surface area contributed by atoms with E-state index in [1.165, 1.54) is 6.07 Å². The number of fused-ring (bicyclic) bond motifs is 1. The third kappa shape index (κ3) is 3.38. The van der Waals surface area contributed by atoms with Crippen LogP contribution in [0, 0.1) is 0 Å². The molecule has 5 heteroatoms. The van der Waals surface area contributed by atoms with E-state index in [0.717, 1.165) is 10.9 Å². The van der Waals surface area contributed by atoms with Crippen LogP contribution in [0.3, 0.4) is 0 Å². The average Bonchev–Trinajstić information content (AvgIpc) is 2.26. The fraction of sp³-hybridized carbons (Fsp3) is 0.167. The van der Waals surface area contributed by atoms with Gasteiger partial charge in [-0.3, -0.25) is 0 Å². The van der Waals surface area contributed by atoms with E-state index in [4.69, 9.17) is 0 Å². The van der Waals surface area contributed by atoms with Gasteiger partial charge in [0.25, 0.3) is 0 Å². The molecule has 0 N–H and O–H groups in total. The summed E-state index contributed by atoms with van der Waals surface area (Å²) in [4.78, 5) is -0.123. The number of benzene rings is 2. The molecule has 0 aliphatic carbocycles. The largest absolute Gasteiger partial charge is 1.00 e. The summed E-state index contributed by atoms with van der Waals surface area (Å²) in [6.45, 7) is 1.92. The van der Waals surface area contributed by atoms with Crippen molar-refractivity contribution in [3.05, 3.63) is 42.0 Å². The molecule has 0 atom stereocenters. The summed E-state index contributed by atoms with van der Waals surface area (Å²) < 4.78 is 33.5. The number of aryl methyl sites for hydroxylation is 1. The predicted molar refractivity (Wildman–Crippen MR) is 61.3 cm³/mol. The van der Waals surface area contributed by atoms with Crippen molar-refractivity contribution < 1.29 is 64.4 Å². The van der Waals surface area contributed by atoms with Gasteiger partial charge in [0.15, 0.2) is 0 Å². The molecule has 84 valence electrons. The van der Waals surface area contributed by atoms with Crippen LogP contribution in [0.5, 0.6) is 0 Å². The van der Waals surface area contributed by atoms with Gasteiger partial charge in [-0.05, 0) is 28.8 Å². The van der Waals surface area contributed by atoms with Gasteiger partial charge in [0, 0.05) is 0 Å². The number of rotatable bonds is 2. The van der Waals surface area contributed by atoms with E-state index >= 15 is 0 Å². The van der Waals surface area contributed by atoms with Gasteiger partial charge >= 0.3 is 51.4 Å². The second-order valence-corrected chi connectivity index (χ2v) is 4.97. The molecule has 0 amide bonds. The van der Waals surface area contributed by atoms with Gasteiger partial charge in [0.2, 0.25) is 0 Å². The van der Waals surface area contributed by atoms with Gasteiger partial charge < -0.3 is 4.55 Å². The van der Waals surface area contributed by atoms with Crippen molar-refractivity contribution >= 4 is 20.9 Å². The molecule has 2 rings (SSSR count). The Bertz CT molecular complexity index is 635. The minimum Gasteiger partial charge on any atom is -0.744 e. The molecule has 3 nitrogen and oxygen atoms in total. The second kappa shape index (κ2) is 5.93. The van der Waals surface area contributed by atoms with Crippen molar-refractivity contribution in [2.75, 3.05) is 0 Å². The van der Waals surface area contributed by atoms with Crippen LogP contribution in [0.2, 0.25) is 0 Å². The summed E-state index contributed by atoms with van der Waals surface area (Å²) in [7, 11) is -4.41. The molecule has 0 heterocycles. The van der Waals surface area contributed by atoms with Gasteiger partial charge in [-0.1, -0.05) is 37.3 Å². The molecule has 0 aliphatic heterocycles. The fourth-order valence-electron chi connectivity index (χ4n) is 1.75. The van der Waals surface area contributed by atoms with Gasteiger partial charge in [-0.15, -0.1) is 0 Å². The van der Waals surface area contributed by atoms with Crippen LogP contribution in [0.1, 0.15) is 12.5 Å². The molecule has 0 aliphatic rings. The van der Waals surface area contributed by atoms with Crippen LogP contribution in [0.25, 0.3) is 10.8 Å². The van der Waals surface area contributed by atoms with E-state index in [2.05, 4.69) is 0 Å². The monoisotopic (exact) mass is 274 g/mol. The molecule has 0 aromatic heterocycles. The average molecular weight is 274 g/mol. The maximum atomic E-state index is 11.2. The summed E-state index contributed by atoms with van der Waals surface area (Å²) in [6.07, 6.45) is 0.702. The van der Waals surface area contributed by atoms with Crippen molar-refractivity contribution in [2.45, 2.75) is 18.2 Å². The minimum absolute atomic E-state index is 0. The molecule has 2 aromatic rings. The van der Waals surface area contributed by atoms with Crippen molar-refractivity contribution in [3.8, 4) is 0 Å². The third-order valence-electron chi connectivity index (χ3n) is 2.56.